The van der Waals surface area contributed by atoms with Crippen LogP contribution in [0.4, 0.5) is 0 Å². The van der Waals surface area contributed by atoms with Gasteiger partial charge in [-0.3, -0.25) is 4.79 Å². The van der Waals surface area contributed by atoms with E-state index in [1.54, 1.807) is 0 Å². The topological polar surface area (TPSA) is 63.6 Å². The minimum Gasteiger partial charge on any atom is -0.391 e. The molecule has 0 aromatic carbocycles. The third-order valence-corrected chi connectivity index (χ3v) is 3.59. The number of carbonyl (C=O) groups excluding carboxylic acids is 2. The summed E-state index contributed by atoms with van der Waals surface area (Å²) in [6, 6.07) is 0. The molecule has 0 radical (unpaired) electrons. The van der Waals surface area contributed by atoms with Gasteiger partial charge >= 0.3 is 11.9 Å². The fraction of sp³-hybridized carbons (Fsp3) is 0.619. The summed E-state index contributed by atoms with van der Waals surface area (Å²) in [6.45, 7) is 3.42. The van der Waals surface area contributed by atoms with Crippen LogP contribution in [0.1, 0.15) is 78.1 Å². The summed E-state index contributed by atoms with van der Waals surface area (Å²) in [6.07, 6.45) is 21.4. The minimum absolute atomic E-state index is 0.234. The van der Waals surface area contributed by atoms with Crippen LogP contribution in [0, 0.1) is 0 Å². The van der Waals surface area contributed by atoms with Crippen molar-refractivity contribution in [1.29, 1.82) is 0 Å². The molecule has 0 bridgehead atoms. The van der Waals surface area contributed by atoms with Gasteiger partial charge < -0.3 is 9.84 Å². The molecule has 0 aromatic heterocycles. The lowest BCUT2D eigenvalue weighted by Gasteiger charge is -2.04. The molecule has 0 amide bonds. The smallest absolute Gasteiger partial charge is 0.342 e. The van der Waals surface area contributed by atoms with Gasteiger partial charge in [-0.25, -0.2) is 4.79 Å². The van der Waals surface area contributed by atoms with Crippen LogP contribution >= 0.6 is 0 Å². The van der Waals surface area contributed by atoms with Gasteiger partial charge in [0.1, 0.15) is 6.10 Å². The highest BCUT2D eigenvalue weighted by Gasteiger charge is 2.14. The number of rotatable bonds is 14. The van der Waals surface area contributed by atoms with Crippen LogP contribution in [-0.2, 0) is 14.3 Å². The zero-order valence-electron chi connectivity index (χ0n) is 15.8. The number of ether oxygens (including phenoxy) is 1. The molecule has 0 saturated heterocycles. The van der Waals surface area contributed by atoms with Crippen LogP contribution in [0.3, 0.4) is 0 Å². The quantitative estimate of drug-likeness (QED) is 0.207. The first kappa shape index (κ1) is 23.3. The first-order valence-electron chi connectivity index (χ1n) is 9.45. The SMILES string of the molecule is CC/C=C\C/C=C\C/C=C\CCCCCCCC(=O)OC(=O)C(C)O. The molecule has 0 fully saturated rings. The van der Waals surface area contributed by atoms with E-state index in [9.17, 15) is 9.59 Å². The Hall–Kier alpha value is -1.68. The molecule has 142 valence electrons. The lowest BCUT2D eigenvalue weighted by Crippen LogP contribution is -2.22. The van der Waals surface area contributed by atoms with E-state index < -0.39 is 18.0 Å². The molecule has 1 N–H and O–H groups in total. The number of allylic oxidation sites excluding steroid dienone is 6. The van der Waals surface area contributed by atoms with Crippen LogP contribution in [0.2, 0.25) is 0 Å². The molecule has 4 heteroatoms. The third-order valence-electron chi connectivity index (χ3n) is 3.59. The van der Waals surface area contributed by atoms with Crippen molar-refractivity contribution in [2.24, 2.45) is 0 Å². The van der Waals surface area contributed by atoms with E-state index in [2.05, 4.69) is 48.1 Å². The molecular weight excluding hydrogens is 316 g/mol. The van der Waals surface area contributed by atoms with Gasteiger partial charge in [0.2, 0.25) is 0 Å². The molecule has 0 saturated carbocycles. The highest BCUT2D eigenvalue weighted by Crippen LogP contribution is 2.08. The number of hydrogen-bond acceptors (Lipinski definition) is 4. The number of hydrogen-bond donors (Lipinski definition) is 1. The second-order valence-corrected chi connectivity index (χ2v) is 6.07. The summed E-state index contributed by atoms with van der Waals surface area (Å²) < 4.78 is 4.48. The van der Waals surface area contributed by atoms with Gasteiger partial charge in [0, 0.05) is 6.42 Å². The standard InChI is InChI=1S/C21H34O4/c1-3-4-5-6-7-8-9-10-11-12-13-14-15-16-17-18-20(23)25-21(24)19(2)22/h4-5,7-8,10-11,19,22H,3,6,9,12-18H2,1-2H3/b5-4-,8-7-,11-10-. The van der Waals surface area contributed by atoms with E-state index in [4.69, 9.17) is 5.11 Å². The maximum absolute atomic E-state index is 11.3. The molecule has 25 heavy (non-hydrogen) atoms. The van der Waals surface area contributed by atoms with Crippen LogP contribution < -0.4 is 0 Å². The molecule has 0 aliphatic rings. The van der Waals surface area contributed by atoms with Gasteiger partial charge in [0.15, 0.2) is 0 Å². The Morgan fingerprint density at radius 2 is 1.44 bits per heavy atom. The second kappa shape index (κ2) is 17.2. The Bertz CT molecular complexity index is 433. The second-order valence-electron chi connectivity index (χ2n) is 6.07. The molecular formula is C21H34O4. The van der Waals surface area contributed by atoms with E-state index in [1.165, 1.54) is 6.92 Å². The third kappa shape index (κ3) is 16.9. The maximum Gasteiger partial charge on any atom is 0.342 e. The van der Waals surface area contributed by atoms with Gasteiger partial charge in [-0.1, -0.05) is 62.6 Å². The fourth-order valence-corrected chi connectivity index (χ4v) is 2.14. The average Bonchev–Trinajstić information content (AvgIpc) is 2.58. The molecule has 0 aliphatic carbocycles. The van der Waals surface area contributed by atoms with Crippen LogP contribution in [0.25, 0.3) is 0 Å². The molecule has 1 unspecified atom stereocenters. The predicted molar refractivity (Wildman–Crippen MR) is 102 cm³/mol. The highest BCUT2D eigenvalue weighted by molar-refractivity contribution is 5.87. The van der Waals surface area contributed by atoms with Gasteiger partial charge in [0.05, 0.1) is 0 Å². The Balaban J connectivity index is 3.41. The maximum atomic E-state index is 11.3. The van der Waals surface area contributed by atoms with E-state index in [0.717, 1.165) is 57.8 Å². The zero-order chi connectivity index (χ0) is 18.8. The van der Waals surface area contributed by atoms with E-state index >= 15 is 0 Å². The van der Waals surface area contributed by atoms with E-state index in [1.807, 2.05) is 0 Å². The summed E-state index contributed by atoms with van der Waals surface area (Å²) in [5, 5.41) is 8.94. The zero-order valence-corrected chi connectivity index (χ0v) is 15.8. The van der Waals surface area contributed by atoms with Crippen molar-refractivity contribution in [2.75, 3.05) is 0 Å². The van der Waals surface area contributed by atoms with Crippen molar-refractivity contribution in [3.05, 3.63) is 36.5 Å². The normalized spacial score (nSPS) is 13.1. The van der Waals surface area contributed by atoms with Crippen molar-refractivity contribution < 1.29 is 19.4 Å². The lowest BCUT2D eigenvalue weighted by atomic mass is 10.1. The fourth-order valence-electron chi connectivity index (χ4n) is 2.14. The lowest BCUT2D eigenvalue weighted by molar-refractivity contribution is -0.165. The molecule has 0 spiro atoms. The summed E-state index contributed by atoms with van der Waals surface area (Å²) in [5.41, 5.74) is 0. The van der Waals surface area contributed by atoms with Crippen molar-refractivity contribution >= 4 is 11.9 Å². The number of aliphatic hydroxyl groups is 1. The first-order valence-corrected chi connectivity index (χ1v) is 9.45. The Morgan fingerprint density at radius 1 is 0.880 bits per heavy atom. The van der Waals surface area contributed by atoms with Crippen LogP contribution in [0.5, 0.6) is 0 Å². The number of unbranched alkanes of at least 4 members (excludes halogenated alkanes) is 5. The van der Waals surface area contributed by atoms with Crippen molar-refractivity contribution in [2.45, 2.75) is 84.2 Å². The Morgan fingerprint density at radius 3 is 2.08 bits per heavy atom. The summed E-state index contributed by atoms with van der Waals surface area (Å²) in [5.74, 6) is -1.42. The number of esters is 2. The van der Waals surface area contributed by atoms with Gasteiger partial charge in [0.25, 0.3) is 0 Å². The van der Waals surface area contributed by atoms with Crippen molar-refractivity contribution in [3.8, 4) is 0 Å². The molecule has 0 aromatic rings. The summed E-state index contributed by atoms with van der Waals surface area (Å²) in [7, 11) is 0. The Kier molecular flexibility index (Phi) is 16.0. The predicted octanol–water partition coefficient (Wildman–Crippen LogP) is 5.03. The van der Waals surface area contributed by atoms with E-state index in [-0.39, 0.29) is 6.42 Å². The first-order chi connectivity index (χ1) is 12.1. The molecule has 1 atom stereocenters. The number of carbonyl (C=O) groups is 2. The van der Waals surface area contributed by atoms with Crippen molar-refractivity contribution in [1.82, 2.24) is 0 Å². The average molecular weight is 350 g/mol. The molecule has 0 aliphatic heterocycles. The number of aliphatic hydroxyl groups excluding tert-OH is 1. The highest BCUT2D eigenvalue weighted by atomic mass is 16.6. The molecule has 0 rings (SSSR count). The van der Waals surface area contributed by atoms with Gasteiger partial charge in [-0.2, -0.15) is 0 Å². The Labute approximate surface area is 152 Å². The van der Waals surface area contributed by atoms with Crippen LogP contribution in [-0.4, -0.2) is 23.1 Å². The van der Waals surface area contributed by atoms with Gasteiger partial charge in [-0.05, 0) is 45.4 Å². The minimum atomic E-state index is -1.25. The van der Waals surface area contributed by atoms with E-state index in [0.29, 0.717) is 0 Å². The summed E-state index contributed by atoms with van der Waals surface area (Å²) >= 11 is 0. The summed E-state index contributed by atoms with van der Waals surface area (Å²) in [4.78, 5) is 22.3. The molecule has 4 nitrogen and oxygen atoms in total. The van der Waals surface area contributed by atoms with Gasteiger partial charge in [-0.15, -0.1) is 0 Å². The monoisotopic (exact) mass is 350 g/mol. The largest absolute Gasteiger partial charge is 0.391 e. The van der Waals surface area contributed by atoms with Crippen molar-refractivity contribution in [3.63, 3.8) is 0 Å². The van der Waals surface area contributed by atoms with Crippen LogP contribution in [0.15, 0.2) is 36.5 Å². The molecule has 0 heterocycles.